The van der Waals surface area contributed by atoms with Crippen molar-refractivity contribution in [3.63, 3.8) is 0 Å². The molecular weight excluding hydrogens is 140 g/mol. The van der Waals surface area contributed by atoms with Gasteiger partial charge in [-0.1, -0.05) is 0 Å². The zero-order chi connectivity index (χ0) is 8.10. The van der Waals surface area contributed by atoms with Crippen molar-refractivity contribution in [2.24, 2.45) is 0 Å². The normalized spacial score (nSPS) is 9.64. The van der Waals surface area contributed by atoms with Gasteiger partial charge in [0.25, 0.3) is 0 Å². The molecular formula is C8H12N2O. The van der Waals surface area contributed by atoms with E-state index in [1.54, 1.807) is 12.4 Å². The average Bonchev–Trinajstić information content (AvgIpc) is 2.06. The molecule has 1 rings (SSSR count). The van der Waals surface area contributed by atoms with Gasteiger partial charge in [0.1, 0.15) is 0 Å². The Labute approximate surface area is 66.1 Å². The molecule has 0 aliphatic heterocycles. The van der Waals surface area contributed by atoms with Crippen molar-refractivity contribution in [1.82, 2.24) is 4.98 Å². The molecule has 0 spiro atoms. The number of nitrogens with zero attached hydrogens (tertiary/aromatic N) is 1. The average molecular weight is 152 g/mol. The van der Waals surface area contributed by atoms with Crippen LogP contribution in [-0.2, 0) is 6.42 Å². The zero-order valence-corrected chi connectivity index (χ0v) is 6.54. The number of pyridine rings is 1. The summed E-state index contributed by atoms with van der Waals surface area (Å²) < 4.78 is 0. The summed E-state index contributed by atoms with van der Waals surface area (Å²) in [4.78, 5) is 3.95. The maximum atomic E-state index is 8.69. The first-order valence-corrected chi connectivity index (χ1v) is 3.60. The number of aromatic nitrogens is 1. The van der Waals surface area contributed by atoms with Gasteiger partial charge in [-0.15, -0.1) is 0 Å². The van der Waals surface area contributed by atoms with Gasteiger partial charge in [0.15, 0.2) is 0 Å². The Morgan fingerprint density at radius 1 is 1.64 bits per heavy atom. The van der Waals surface area contributed by atoms with E-state index in [1.807, 2.05) is 13.1 Å². The van der Waals surface area contributed by atoms with Crippen molar-refractivity contribution in [1.29, 1.82) is 0 Å². The summed E-state index contributed by atoms with van der Waals surface area (Å²) in [5.74, 6) is 0. The van der Waals surface area contributed by atoms with Crippen molar-refractivity contribution in [3.8, 4) is 0 Å². The van der Waals surface area contributed by atoms with Crippen LogP contribution >= 0.6 is 0 Å². The van der Waals surface area contributed by atoms with E-state index in [4.69, 9.17) is 5.11 Å². The summed E-state index contributed by atoms with van der Waals surface area (Å²) in [6, 6.07) is 1.90. The molecule has 1 heterocycles. The molecule has 0 aromatic carbocycles. The van der Waals surface area contributed by atoms with Gasteiger partial charge in [-0.25, -0.2) is 0 Å². The van der Waals surface area contributed by atoms with Crippen LogP contribution in [0.3, 0.4) is 0 Å². The fraction of sp³-hybridized carbons (Fsp3) is 0.375. The Bertz CT molecular complexity index is 225. The lowest BCUT2D eigenvalue weighted by molar-refractivity contribution is 0.300. The fourth-order valence-electron chi connectivity index (χ4n) is 0.987. The van der Waals surface area contributed by atoms with Crippen LogP contribution in [0.25, 0.3) is 0 Å². The highest BCUT2D eigenvalue weighted by Crippen LogP contribution is 2.11. The Hall–Kier alpha value is -1.09. The maximum absolute atomic E-state index is 8.69. The first-order valence-electron chi connectivity index (χ1n) is 3.60. The lowest BCUT2D eigenvalue weighted by Crippen LogP contribution is -1.98. The van der Waals surface area contributed by atoms with E-state index in [0.717, 1.165) is 11.3 Å². The van der Waals surface area contributed by atoms with Crippen molar-refractivity contribution >= 4 is 5.69 Å². The smallest absolute Gasteiger partial charge is 0.0557 e. The number of anilines is 1. The highest BCUT2D eigenvalue weighted by atomic mass is 16.2. The summed E-state index contributed by atoms with van der Waals surface area (Å²) in [7, 11) is 1.85. The van der Waals surface area contributed by atoms with Gasteiger partial charge in [0.05, 0.1) is 11.9 Å². The van der Waals surface area contributed by atoms with Crippen molar-refractivity contribution < 1.29 is 5.11 Å². The number of nitrogens with one attached hydrogen (secondary N) is 1. The number of hydrogen-bond donors (Lipinski definition) is 2. The molecule has 0 amide bonds. The molecule has 3 nitrogen and oxygen atoms in total. The minimum atomic E-state index is 0.179. The van der Waals surface area contributed by atoms with Gasteiger partial charge in [0.2, 0.25) is 0 Å². The van der Waals surface area contributed by atoms with Crippen molar-refractivity contribution in [2.45, 2.75) is 6.42 Å². The molecule has 0 saturated carbocycles. The van der Waals surface area contributed by atoms with Gasteiger partial charge in [-0.05, 0) is 18.1 Å². The number of aliphatic hydroxyl groups is 1. The van der Waals surface area contributed by atoms with E-state index < -0.39 is 0 Å². The van der Waals surface area contributed by atoms with E-state index in [9.17, 15) is 0 Å². The third-order valence-electron chi connectivity index (χ3n) is 1.56. The van der Waals surface area contributed by atoms with Gasteiger partial charge < -0.3 is 10.4 Å². The number of rotatable bonds is 3. The summed E-state index contributed by atoms with van der Waals surface area (Å²) in [6.45, 7) is 0.179. The van der Waals surface area contributed by atoms with Crippen molar-refractivity contribution in [2.75, 3.05) is 19.0 Å². The topological polar surface area (TPSA) is 45.2 Å². The molecule has 3 heteroatoms. The van der Waals surface area contributed by atoms with Crippen LogP contribution in [0.2, 0.25) is 0 Å². The molecule has 60 valence electrons. The second kappa shape index (κ2) is 3.93. The lowest BCUT2D eigenvalue weighted by Gasteiger charge is -2.05. The highest BCUT2D eigenvalue weighted by Gasteiger charge is 1.97. The number of hydrogen-bond acceptors (Lipinski definition) is 3. The second-order valence-electron chi connectivity index (χ2n) is 2.26. The molecule has 0 saturated heterocycles. The summed E-state index contributed by atoms with van der Waals surface area (Å²) >= 11 is 0. The largest absolute Gasteiger partial charge is 0.396 e. The first kappa shape index (κ1) is 8.01. The SMILES string of the molecule is CNc1cnccc1CCO. The van der Waals surface area contributed by atoms with Gasteiger partial charge in [0, 0.05) is 19.9 Å². The molecule has 0 aliphatic rings. The monoisotopic (exact) mass is 152 g/mol. The highest BCUT2D eigenvalue weighted by molar-refractivity contribution is 5.48. The third-order valence-corrected chi connectivity index (χ3v) is 1.56. The van der Waals surface area contributed by atoms with E-state index in [-0.39, 0.29) is 6.61 Å². The van der Waals surface area contributed by atoms with Crippen LogP contribution in [0, 0.1) is 0 Å². The van der Waals surface area contributed by atoms with Crippen LogP contribution in [0.5, 0.6) is 0 Å². The first-order chi connectivity index (χ1) is 5.38. The minimum Gasteiger partial charge on any atom is -0.396 e. The second-order valence-corrected chi connectivity index (χ2v) is 2.26. The molecule has 0 radical (unpaired) electrons. The molecule has 1 aromatic heterocycles. The molecule has 11 heavy (non-hydrogen) atoms. The van der Waals surface area contributed by atoms with Crippen molar-refractivity contribution in [3.05, 3.63) is 24.0 Å². The molecule has 0 fully saturated rings. The van der Waals surface area contributed by atoms with Gasteiger partial charge in [-0.3, -0.25) is 4.98 Å². The van der Waals surface area contributed by atoms with Crippen LogP contribution in [0.4, 0.5) is 5.69 Å². The molecule has 2 N–H and O–H groups in total. The van der Waals surface area contributed by atoms with E-state index in [0.29, 0.717) is 6.42 Å². The summed E-state index contributed by atoms with van der Waals surface area (Å²) in [5.41, 5.74) is 2.09. The predicted molar refractivity (Wildman–Crippen MR) is 44.6 cm³/mol. The molecule has 0 atom stereocenters. The fourth-order valence-corrected chi connectivity index (χ4v) is 0.987. The molecule has 1 aromatic rings. The van der Waals surface area contributed by atoms with Crippen LogP contribution in [0.15, 0.2) is 18.5 Å². The molecule has 0 aliphatic carbocycles. The standard InChI is InChI=1S/C8H12N2O/c1-9-8-6-10-4-2-7(8)3-5-11/h2,4,6,9,11H,3,5H2,1H3. The maximum Gasteiger partial charge on any atom is 0.0557 e. The van der Waals surface area contributed by atoms with Crippen LogP contribution < -0.4 is 5.32 Å². The summed E-state index contributed by atoms with van der Waals surface area (Å²) in [6.07, 6.45) is 4.16. The number of aliphatic hydroxyl groups excluding tert-OH is 1. The Morgan fingerprint density at radius 3 is 3.09 bits per heavy atom. The van der Waals surface area contributed by atoms with Gasteiger partial charge >= 0.3 is 0 Å². The minimum absolute atomic E-state index is 0.179. The summed E-state index contributed by atoms with van der Waals surface area (Å²) in [5, 5.41) is 11.7. The van der Waals surface area contributed by atoms with Gasteiger partial charge in [-0.2, -0.15) is 0 Å². The zero-order valence-electron chi connectivity index (χ0n) is 6.54. The Balaban J connectivity index is 2.83. The van der Waals surface area contributed by atoms with E-state index in [2.05, 4.69) is 10.3 Å². The quantitative estimate of drug-likeness (QED) is 0.668. The molecule has 0 bridgehead atoms. The van der Waals surface area contributed by atoms with E-state index in [1.165, 1.54) is 0 Å². The third kappa shape index (κ3) is 1.91. The Morgan fingerprint density at radius 2 is 2.45 bits per heavy atom. The molecule has 0 unspecified atom stereocenters. The predicted octanol–water partition coefficient (Wildman–Crippen LogP) is 0.658. The van der Waals surface area contributed by atoms with Crippen LogP contribution in [0.1, 0.15) is 5.56 Å². The Kier molecular flexibility index (Phi) is 2.86. The van der Waals surface area contributed by atoms with Crippen LogP contribution in [-0.4, -0.2) is 23.7 Å². The lowest BCUT2D eigenvalue weighted by atomic mass is 10.2. The van der Waals surface area contributed by atoms with E-state index >= 15 is 0 Å².